The number of carboxylic acid groups (broad SMARTS) is 1. The fraction of sp³-hybridized carbons (Fsp3) is 0.556. The van der Waals surface area contributed by atoms with Crippen LogP contribution in [0.3, 0.4) is 0 Å². The molecule has 11 heteroatoms. The van der Waals surface area contributed by atoms with E-state index in [1.165, 1.54) is 12.1 Å². The Balaban J connectivity index is 3.09. The molecule has 9 nitrogen and oxygen atoms in total. The molecule has 1 aromatic carbocycles. The van der Waals surface area contributed by atoms with Crippen molar-refractivity contribution in [2.75, 3.05) is 12.3 Å². The zero-order valence-corrected chi connectivity index (χ0v) is 18.2. The molecule has 3 N–H and O–H groups in total. The molecule has 0 saturated heterocycles. The van der Waals surface area contributed by atoms with E-state index in [2.05, 4.69) is 0 Å². The Morgan fingerprint density at radius 1 is 1.00 bits per heavy atom. The number of hydrogen-bond acceptors (Lipinski definition) is 5. The normalized spacial score (nSPS) is 13.2. The molecule has 1 rings (SSSR count). The van der Waals surface area contributed by atoms with E-state index in [4.69, 9.17) is 9.66 Å². The van der Waals surface area contributed by atoms with E-state index >= 15 is 0 Å². The number of aliphatic carboxylic acids is 1. The van der Waals surface area contributed by atoms with Crippen LogP contribution in [0.25, 0.3) is 0 Å². The van der Waals surface area contributed by atoms with E-state index in [0.29, 0.717) is 43.5 Å². The molecule has 164 valence electrons. The number of benzene rings is 1. The average molecular weight is 451 g/mol. The summed E-state index contributed by atoms with van der Waals surface area (Å²) < 4.78 is 64.6. The van der Waals surface area contributed by atoms with Crippen LogP contribution in [-0.2, 0) is 25.0 Å². The lowest BCUT2D eigenvalue weighted by Crippen LogP contribution is -2.18. The minimum atomic E-state index is -4.33. The summed E-state index contributed by atoms with van der Waals surface area (Å²) in [6, 6.07) is 4.22. The van der Waals surface area contributed by atoms with E-state index in [0.717, 1.165) is 5.71 Å². The van der Waals surface area contributed by atoms with Crippen molar-refractivity contribution in [3.05, 3.63) is 23.8 Å². The summed E-state index contributed by atoms with van der Waals surface area (Å²) in [6.45, 7) is 4.05. The van der Waals surface area contributed by atoms with Crippen LogP contribution in [0.4, 0.5) is 5.69 Å². The van der Waals surface area contributed by atoms with Gasteiger partial charge in [-0.2, -0.15) is 16.8 Å². The lowest BCUT2D eigenvalue weighted by atomic mass is 10.1. The summed E-state index contributed by atoms with van der Waals surface area (Å²) in [5.74, 6) is -1.22. The van der Waals surface area contributed by atoms with Gasteiger partial charge in [-0.25, -0.2) is 4.58 Å². The number of carbonyl (C=O) groups is 1. The zero-order valence-electron chi connectivity index (χ0n) is 16.5. The van der Waals surface area contributed by atoms with Gasteiger partial charge in [0.05, 0.1) is 10.6 Å². The first-order chi connectivity index (χ1) is 13.3. The molecule has 0 heterocycles. The smallest absolute Gasteiger partial charge is 0.303 e. The van der Waals surface area contributed by atoms with Crippen LogP contribution in [0.5, 0.6) is 0 Å². The Morgan fingerprint density at radius 3 is 2.17 bits per heavy atom. The van der Waals surface area contributed by atoms with E-state index in [9.17, 15) is 26.2 Å². The second kappa shape index (κ2) is 10.8. The van der Waals surface area contributed by atoms with E-state index in [1.54, 1.807) is 13.0 Å². The highest BCUT2D eigenvalue weighted by Gasteiger charge is 2.20. The lowest BCUT2D eigenvalue weighted by molar-refractivity contribution is -0.443. The van der Waals surface area contributed by atoms with Gasteiger partial charge in [0.15, 0.2) is 5.71 Å². The van der Waals surface area contributed by atoms with Crippen molar-refractivity contribution >= 4 is 37.6 Å². The van der Waals surface area contributed by atoms with Crippen molar-refractivity contribution in [2.45, 2.75) is 57.3 Å². The van der Waals surface area contributed by atoms with Gasteiger partial charge in [-0.3, -0.25) is 13.9 Å². The molecule has 29 heavy (non-hydrogen) atoms. The Labute approximate surface area is 171 Å². The van der Waals surface area contributed by atoms with Crippen molar-refractivity contribution in [2.24, 2.45) is 0 Å². The summed E-state index contributed by atoms with van der Waals surface area (Å²) in [7, 11) is -8.38. The predicted molar refractivity (Wildman–Crippen MR) is 108 cm³/mol. The second-order valence-electron chi connectivity index (χ2n) is 6.90. The largest absolute Gasteiger partial charge is 0.481 e. The maximum atomic E-state index is 11.3. The molecule has 0 amide bonds. The maximum Gasteiger partial charge on any atom is 0.303 e. The monoisotopic (exact) mass is 450 g/mol. The van der Waals surface area contributed by atoms with Gasteiger partial charge in [-0.15, -0.1) is 0 Å². The van der Waals surface area contributed by atoms with Crippen molar-refractivity contribution in [1.29, 1.82) is 0 Å². The molecule has 0 fully saturated rings. The lowest BCUT2D eigenvalue weighted by Gasteiger charge is -2.11. The third-order valence-corrected chi connectivity index (χ3v) is 6.09. The number of carboxylic acids is 1. The van der Waals surface area contributed by atoms with Crippen LogP contribution >= 0.6 is 0 Å². The fourth-order valence-corrected chi connectivity index (χ4v) is 4.05. The SMILES string of the molecule is CC(CCCS(=O)(=O)O)=[N+](CCCCCC(=O)O)c1ccc(S(=O)(=O)O)cc1C. The Morgan fingerprint density at radius 2 is 1.66 bits per heavy atom. The molecular formula is C18H28NO8S2+. The van der Waals surface area contributed by atoms with Crippen molar-refractivity contribution in [3.63, 3.8) is 0 Å². The van der Waals surface area contributed by atoms with Crippen molar-refractivity contribution < 1.29 is 40.4 Å². The van der Waals surface area contributed by atoms with Crippen LogP contribution in [0.2, 0.25) is 0 Å². The predicted octanol–water partition coefficient (Wildman–Crippen LogP) is 2.66. The Bertz CT molecular complexity index is 966. The van der Waals surface area contributed by atoms with Crippen LogP contribution in [0, 0.1) is 6.92 Å². The zero-order chi connectivity index (χ0) is 22.2. The molecule has 0 unspecified atom stereocenters. The van der Waals surface area contributed by atoms with Gasteiger partial charge in [0, 0.05) is 37.8 Å². The van der Waals surface area contributed by atoms with Crippen LogP contribution in [0.1, 0.15) is 51.0 Å². The van der Waals surface area contributed by atoms with Gasteiger partial charge in [0.2, 0.25) is 5.69 Å². The summed E-state index contributed by atoms with van der Waals surface area (Å²) in [5.41, 5.74) is 2.15. The molecule has 0 aliphatic rings. The molecule has 0 aliphatic carbocycles. The van der Waals surface area contributed by atoms with Gasteiger partial charge < -0.3 is 5.11 Å². The molecule has 0 spiro atoms. The molecule has 0 bridgehead atoms. The third kappa shape index (κ3) is 9.48. The van der Waals surface area contributed by atoms with Crippen molar-refractivity contribution in [3.8, 4) is 0 Å². The van der Waals surface area contributed by atoms with E-state index < -0.39 is 26.2 Å². The van der Waals surface area contributed by atoms with Gasteiger partial charge in [-0.1, -0.05) is 0 Å². The average Bonchev–Trinajstić information content (AvgIpc) is 2.56. The van der Waals surface area contributed by atoms with Gasteiger partial charge in [0.25, 0.3) is 20.2 Å². The summed E-state index contributed by atoms with van der Waals surface area (Å²) in [5, 5.41) is 8.73. The number of aryl methyl sites for hydroxylation is 1. The minimum Gasteiger partial charge on any atom is -0.481 e. The highest BCUT2D eigenvalue weighted by atomic mass is 32.2. The van der Waals surface area contributed by atoms with E-state index in [1.807, 2.05) is 11.5 Å². The molecule has 0 aromatic heterocycles. The Kier molecular flexibility index (Phi) is 9.40. The first-order valence-electron chi connectivity index (χ1n) is 9.16. The third-order valence-electron chi connectivity index (χ3n) is 4.43. The van der Waals surface area contributed by atoms with Gasteiger partial charge in [0.1, 0.15) is 6.54 Å². The fourth-order valence-electron chi connectivity index (χ4n) is 2.98. The second-order valence-corrected chi connectivity index (χ2v) is 9.90. The van der Waals surface area contributed by atoms with Crippen molar-refractivity contribution in [1.82, 2.24) is 0 Å². The standard InChI is InChI=1S/C18H27NO8S2/c1-14-13-16(29(25,26)27)9-10-17(14)19(11-5-3-4-8-18(20)21)15(2)7-6-12-28(22,23)24/h9-10,13H,3-8,11-12H2,1-2H3,(H2-,20,21,22,23,24,25,26,27)/p+1. The summed E-state index contributed by atoms with van der Waals surface area (Å²) >= 11 is 0. The first-order valence-corrected chi connectivity index (χ1v) is 12.2. The van der Waals surface area contributed by atoms with Gasteiger partial charge in [-0.05, 0) is 38.3 Å². The topological polar surface area (TPSA) is 149 Å². The highest BCUT2D eigenvalue weighted by molar-refractivity contribution is 7.86. The van der Waals surface area contributed by atoms with Gasteiger partial charge >= 0.3 is 5.97 Å². The number of unbranched alkanes of at least 4 members (excludes halogenated alkanes) is 2. The van der Waals surface area contributed by atoms with Crippen LogP contribution < -0.4 is 0 Å². The van der Waals surface area contributed by atoms with Crippen LogP contribution in [0.15, 0.2) is 23.1 Å². The maximum absolute atomic E-state index is 11.3. The number of nitrogens with zero attached hydrogens (tertiary/aromatic N) is 1. The minimum absolute atomic E-state index is 0.0825. The first kappa shape index (κ1) is 25.2. The summed E-state index contributed by atoms with van der Waals surface area (Å²) in [4.78, 5) is 10.4. The number of hydrogen-bond donors (Lipinski definition) is 3. The molecule has 1 aromatic rings. The Hall–Kier alpha value is -1.82. The molecule has 0 saturated carbocycles. The summed E-state index contributed by atoms with van der Waals surface area (Å²) in [6.07, 6.45) is 2.60. The highest BCUT2D eigenvalue weighted by Crippen LogP contribution is 2.23. The molecule has 0 radical (unpaired) electrons. The van der Waals surface area contributed by atoms with Crippen LogP contribution in [-0.4, -0.2) is 59.6 Å². The number of rotatable bonds is 12. The molecule has 0 aliphatic heterocycles. The quantitative estimate of drug-likeness (QED) is 0.190. The molecule has 0 atom stereocenters. The van der Waals surface area contributed by atoms with E-state index in [-0.39, 0.29) is 23.5 Å². The molecular weight excluding hydrogens is 422 g/mol.